The summed E-state index contributed by atoms with van der Waals surface area (Å²) in [4.78, 5) is 24.0. The van der Waals surface area contributed by atoms with Gasteiger partial charge >= 0.3 is 5.97 Å². The van der Waals surface area contributed by atoms with Gasteiger partial charge in [0.15, 0.2) is 0 Å². The predicted molar refractivity (Wildman–Crippen MR) is 112 cm³/mol. The van der Waals surface area contributed by atoms with E-state index in [1.807, 2.05) is 0 Å². The van der Waals surface area contributed by atoms with Crippen LogP contribution in [-0.4, -0.2) is 30.6 Å². The van der Waals surface area contributed by atoms with Gasteiger partial charge in [0.1, 0.15) is 28.6 Å². The Morgan fingerprint density at radius 3 is 2.59 bits per heavy atom. The fourth-order valence-corrected chi connectivity index (χ4v) is 3.60. The van der Waals surface area contributed by atoms with Crippen LogP contribution in [0.5, 0.6) is 0 Å². The Kier molecular flexibility index (Phi) is 4.69. The number of rotatable bonds is 6. The number of anilines is 1. The smallest absolute Gasteiger partial charge is 0.341 e. The van der Waals surface area contributed by atoms with E-state index in [4.69, 9.17) is 0 Å². The van der Waals surface area contributed by atoms with Gasteiger partial charge in [0.2, 0.25) is 5.43 Å². The van der Waals surface area contributed by atoms with E-state index in [9.17, 15) is 23.5 Å². The maximum atomic E-state index is 14.9. The lowest BCUT2D eigenvalue weighted by atomic mass is 10.1. The number of pyridine rings is 1. The fraction of sp³-hybridized carbons (Fsp3) is 0.182. The lowest BCUT2D eigenvalue weighted by Crippen LogP contribution is -2.19. The molecule has 162 valence electrons. The van der Waals surface area contributed by atoms with Gasteiger partial charge in [-0.2, -0.15) is 0 Å². The van der Waals surface area contributed by atoms with Crippen molar-refractivity contribution in [2.45, 2.75) is 25.4 Å². The van der Waals surface area contributed by atoms with Gasteiger partial charge in [-0.15, -0.1) is 5.10 Å². The van der Waals surface area contributed by atoms with E-state index in [1.54, 1.807) is 22.9 Å². The zero-order valence-electron chi connectivity index (χ0n) is 16.6. The number of aromatic nitrogens is 4. The van der Waals surface area contributed by atoms with Crippen molar-refractivity contribution >= 4 is 22.6 Å². The number of nitrogens with one attached hydrogen (secondary N) is 1. The minimum atomic E-state index is -1.34. The van der Waals surface area contributed by atoms with E-state index in [2.05, 4.69) is 15.6 Å². The van der Waals surface area contributed by atoms with Crippen molar-refractivity contribution in [2.24, 2.45) is 0 Å². The van der Waals surface area contributed by atoms with Crippen molar-refractivity contribution in [1.82, 2.24) is 19.6 Å². The number of carboxylic acid groups (broad SMARTS) is 1. The predicted octanol–water partition coefficient (Wildman–Crippen LogP) is 3.51. The van der Waals surface area contributed by atoms with Gasteiger partial charge in [0.05, 0.1) is 18.3 Å². The molecule has 0 atom stereocenters. The number of hydrogen-bond acceptors (Lipinski definition) is 5. The molecule has 2 N–H and O–H groups in total. The van der Waals surface area contributed by atoms with Gasteiger partial charge < -0.3 is 15.0 Å². The molecule has 0 aliphatic heterocycles. The van der Waals surface area contributed by atoms with Crippen LogP contribution in [0.2, 0.25) is 0 Å². The second kappa shape index (κ2) is 7.56. The van der Waals surface area contributed by atoms with E-state index >= 15 is 0 Å². The van der Waals surface area contributed by atoms with Crippen LogP contribution in [0.15, 0.2) is 53.6 Å². The summed E-state index contributed by atoms with van der Waals surface area (Å²) in [5.41, 5.74) is 0.648. The highest BCUT2D eigenvalue weighted by atomic mass is 19.1. The molecule has 0 spiro atoms. The lowest BCUT2D eigenvalue weighted by molar-refractivity contribution is 0.0695. The van der Waals surface area contributed by atoms with Crippen molar-refractivity contribution in [2.75, 3.05) is 5.32 Å². The van der Waals surface area contributed by atoms with Crippen LogP contribution in [-0.2, 0) is 6.54 Å². The highest BCUT2D eigenvalue weighted by molar-refractivity contribution is 5.93. The molecule has 32 heavy (non-hydrogen) atoms. The SMILES string of the molecule is O=C(O)c1cn(C2CC2)c2cc(-n3cc(CNc4ccc(F)cc4)nn3)c(F)cc2c1=O. The van der Waals surface area contributed by atoms with Crippen LogP contribution in [0, 0.1) is 11.6 Å². The zero-order chi connectivity index (χ0) is 22.4. The van der Waals surface area contributed by atoms with Crippen molar-refractivity contribution in [1.29, 1.82) is 0 Å². The number of carboxylic acids is 1. The topological polar surface area (TPSA) is 102 Å². The van der Waals surface area contributed by atoms with E-state index in [-0.39, 0.29) is 35.0 Å². The minimum absolute atomic E-state index is 0.0105. The molecule has 2 heterocycles. The highest BCUT2D eigenvalue weighted by Gasteiger charge is 2.27. The average Bonchev–Trinajstić information content (AvgIpc) is 3.51. The molecule has 5 rings (SSSR count). The van der Waals surface area contributed by atoms with E-state index in [0.29, 0.717) is 16.9 Å². The van der Waals surface area contributed by atoms with Gasteiger partial charge in [-0.3, -0.25) is 4.79 Å². The zero-order valence-corrected chi connectivity index (χ0v) is 16.6. The Morgan fingerprint density at radius 2 is 1.91 bits per heavy atom. The van der Waals surface area contributed by atoms with Crippen LogP contribution in [0.3, 0.4) is 0 Å². The molecule has 1 fully saturated rings. The first-order chi connectivity index (χ1) is 15.4. The van der Waals surface area contributed by atoms with Crippen LogP contribution in [0.1, 0.15) is 34.9 Å². The number of carbonyl (C=O) groups is 1. The Labute approximate surface area is 179 Å². The van der Waals surface area contributed by atoms with Crippen molar-refractivity contribution < 1.29 is 18.7 Å². The second-order valence-corrected chi connectivity index (χ2v) is 7.65. The van der Waals surface area contributed by atoms with E-state index < -0.39 is 17.2 Å². The van der Waals surface area contributed by atoms with Crippen molar-refractivity contribution in [3.05, 3.63) is 81.9 Å². The first kappa shape index (κ1) is 19.9. The quantitative estimate of drug-likeness (QED) is 0.479. The monoisotopic (exact) mass is 437 g/mol. The Bertz CT molecular complexity index is 1410. The Hall–Kier alpha value is -4.08. The lowest BCUT2D eigenvalue weighted by Gasteiger charge is -2.13. The van der Waals surface area contributed by atoms with Crippen LogP contribution >= 0.6 is 0 Å². The second-order valence-electron chi connectivity index (χ2n) is 7.65. The van der Waals surface area contributed by atoms with E-state index in [1.165, 1.54) is 29.1 Å². The number of halogens is 2. The molecule has 0 bridgehead atoms. The summed E-state index contributed by atoms with van der Waals surface area (Å²) in [7, 11) is 0. The summed E-state index contributed by atoms with van der Waals surface area (Å²) in [5.74, 6) is -2.40. The molecule has 0 radical (unpaired) electrons. The van der Waals surface area contributed by atoms with Crippen LogP contribution < -0.4 is 10.7 Å². The molecule has 10 heteroatoms. The third-order valence-electron chi connectivity index (χ3n) is 5.38. The molecule has 1 aliphatic carbocycles. The van der Waals surface area contributed by atoms with Crippen molar-refractivity contribution in [3.63, 3.8) is 0 Å². The number of fused-ring (bicyclic) bond motifs is 1. The molecule has 2 aromatic heterocycles. The Balaban J connectivity index is 1.51. The summed E-state index contributed by atoms with van der Waals surface area (Å²) < 4.78 is 30.9. The standard InChI is InChI=1S/C22H17F2N5O3/c23-12-1-3-13(4-2-12)25-9-14-10-29(27-26-14)20-8-19-16(7-18(20)24)21(30)17(22(31)32)11-28(19)15-5-6-15/h1-4,7-8,10-11,15,25H,5-6,9H2,(H,31,32). The summed E-state index contributed by atoms with van der Waals surface area (Å²) in [6.07, 6.45) is 4.58. The third-order valence-corrected chi connectivity index (χ3v) is 5.38. The van der Waals surface area contributed by atoms with Crippen molar-refractivity contribution in [3.8, 4) is 5.69 Å². The molecule has 1 saturated carbocycles. The summed E-state index contributed by atoms with van der Waals surface area (Å²) in [6, 6.07) is 8.45. The van der Waals surface area contributed by atoms with E-state index in [0.717, 1.165) is 18.9 Å². The number of benzene rings is 2. The van der Waals surface area contributed by atoms with Gasteiger partial charge in [-0.05, 0) is 49.2 Å². The van der Waals surface area contributed by atoms with Crippen LogP contribution in [0.25, 0.3) is 16.6 Å². The first-order valence-electron chi connectivity index (χ1n) is 9.93. The number of nitrogens with zero attached hydrogens (tertiary/aromatic N) is 4. The average molecular weight is 437 g/mol. The molecular formula is C22H17F2N5O3. The molecule has 2 aromatic carbocycles. The van der Waals surface area contributed by atoms with Crippen LogP contribution in [0.4, 0.5) is 14.5 Å². The van der Waals surface area contributed by atoms with Gasteiger partial charge in [-0.25, -0.2) is 18.3 Å². The minimum Gasteiger partial charge on any atom is -0.477 e. The summed E-state index contributed by atoms with van der Waals surface area (Å²) in [5, 5.41) is 20.5. The fourth-order valence-electron chi connectivity index (χ4n) is 3.60. The summed E-state index contributed by atoms with van der Waals surface area (Å²) in [6.45, 7) is 0.287. The molecular weight excluding hydrogens is 420 g/mol. The van der Waals surface area contributed by atoms with Gasteiger partial charge in [0.25, 0.3) is 0 Å². The molecule has 8 nitrogen and oxygen atoms in total. The normalized spacial score (nSPS) is 13.4. The number of aromatic carboxylic acids is 1. The Morgan fingerprint density at radius 1 is 1.16 bits per heavy atom. The molecule has 0 unspecified atom stereocenters. The van der Waals surface area contributed by atoms with Gasteiger partial charge in [0, 0.05) is 23.3 Å². The maximum absolute atomic E-state index is 14.9. The summed E-state index contributed by atoms with van der Waals surface area (Å²) >= 11 is 0. The first-order valence-corrected chi connectivity index (χ1v) is 9.93. The number of hydrogen-bond donors (Lipinski definition) is 2. The molecule has 4 aromatic rings. The highest BCUT2D eigenvalue weighted by Crippen LogP contribution is 2.37. The largest absolute Gasteiger partial charge is 0.477 e. The molecule has 0 amide bonds. The molecule has 1 aliphatic rings. The third kappa shape index (κ3) is 3.59. The van der Waals surface area contributed by atoms with Gasteiger partial charge in [-0.1, -0.05) is 5.21 Å². The molecule has 0 saturated heterocycles. The maximum Gasteiger partial charge on any atom is 0.341 e.